The number of nitrogens with one attached hydrogen (secondary N) is 1. The molecule has 2 aliphatic rings. The summed E-state index contributed by atoms with van der Waals surface area (Å²) in [7, 11) is 0. The molecule has 0 unspecified atom stereocenters. The summed E-state index contributed by atoms with van der Waals surface area (Å²) in [6, 6.07) is 12.7. The molecule has 1 N–H and O–H groups in total. The third-order valence-electron chi connectivity index (χ3n) is 5.77. The first-order valence-electron chi connectivity index (χ1n) is 9.50. The highest BCUT2D eigenvalue weighted by atomic mass is 19.4. The molecule has 3 aromatic rings. The summed E-state index contributed by atoms with van der Waals surface area (Å²) < 4.78 is 39.9. The van der Waals surface area contributed by atoms with Gasteiger partial charge in [-0.2, -0.15) is 13.2 Å². The molecule has 0 radical (unpaired) electrons. The van der Waals surface area contributed by atoms with Crippen LogP contribution in [-0.2, 0) is 17.4 Å². The summed E-state index contributed by atoms with van der Waals surface area (Å²) in [4.78, 5) is 18.1. The van der Waals surface area contributed by atoms with Gasteiger partial charge in [-0.25, -0.2) is 0 Å². The van der Waals surface area contributed by atoms with E-state index in [2.05, 4.69) is 4.98 Å². The van der Waals surface area contributed by atoms with Crippen molar-refractivity contribution in [3.63, 3.8) is 0 Å². The lowest BCUT2D eigenvalue weighted by atomic mass is 9.91. The van der Waals surface area contributed by atoms with Crippen LogP contribution in [0, 0.1) is 5.92 Å². The fourth-order valence-electron chi connectivity index (χ4n) is 4.27. The Kier molecular flexibility index (Phi) is 3.79. The molecule has 2 aromatic carbocycles. The van der Waals surface area contributed by atoms with Crippen LogP contribution < -0.4 is 0 Å². The van der Waals surface area contributed by atoms with E-state index in [1.807, 2.05) is 24.3 Å². The first-order chi connectivity index (χ1) is 13.4. The third-order valence-corrected chi connectivity index (χ3v) is 5.77. The second kappa shape index (κ2) is 6.12. The molecule has 1 aromatic heterocycles. The van der Waals surface area contributed by atoms with Crippen LogP contribution in [0.15, 0.2) is 48.5 Å². The van der Waals surface area contributed by atoms with E-state index in [-0.39, 0.29) is 11.8 Å². The standard InChI is InChI=1S/C22H19F3N2O/c23-22(24,25)15-5-3-4-14(12-15)20-19-17(16-6-1-2-7-18(16)26-19)10-11-27(20)21(28)13-8-9-13/h1-7,12-13,20,26H,8-11H2/t20-/m1/s1. The molecule has 3 nitrogen and oxygen atoms in total. The zero-order valence-corrected chi connectivity index (χ0v) is 15.1. The fourth-order valence-corrected chi connectivity index (χ4v) is 4.27. The molecule has 28 heavy (non-hydrogen) atoms. The number of benzene rings is 2. The van der Waals surface area contributed by atoms with E-state index >= 15 is 0 Å². The monoisotopic (exact) mass is 384 g/mol. The number of carbonyl (C=O) groups is 1. The summed E-state index contributed by atoms with van der Waals surface area (Å²) >= 11 is 0. The van der Waals surface area contributed by atoms with Gasteiger partial charge >= 0.3 is 6.18 Å². The van der Waals surface area contributed by atoms with Crippen LogP contribution in [0.4, 0.5) is 13.2 Å². The number of aromatic amines is 1. The van der Waals surface area contributed by atoms with Crippen LogP contribution in [-0.4, -0.2) is 22.3 Å². The molecular weight excluding hydrogens is 365 g/mol. The number of carbonyl (C=O) groups excluding carboxylic acids is 1. The maximum Gasteiger partial charge on any atom is 0.416 e. The predicted octanol–water partition coefficient (Wildman–Crippen LogP) is 5.07. The summed E-state index contributed by atoms with van der Waals surface area (Å²) in [6.45, 7) is 0.519. The Hall–Kier alpha value is -2.76. The van der Waals surface area contributed by atoms with Gasteiger partial charge in [-0.15, -0.1) is 0 Å². The minimum absolute atomic E-state index is 0.0132. The van der Waals surface area contributed by atoms with Crippen molar-refractivity contribution in [3.05, 3.63) is 70.9 Å². The van der Waals surface area contributed by atoms with E-state index in [1.54, 1.807) is 11.0 Å². The van der Waals surface area contributed by atoms with Gasteiger partial charge in [0, 0.05) is 29.1 Å². The number of fused-ring (bicyclic) bond motifs is 3. The summed E-state index contributed by atoms with van der Waals surface area (Å²) in [5.41, 5.74) is 2.69. The van der Waals surface area contributed by atoms with Crippen LogP contribution in [0.1, 0.15) is 41.3 Å². The van der Waals surface area contributed by atoms with Gasteiger partial charge in [0.15, 0.2) is 0 Å². The molecule has 0 bridgehead atoms. The Labute approximate surface area is 160 Å². The van der Waals surface area contributed by atoms with Gasteiger partial charge in [0.2, 0.25) is 5.91 Å². The number of hydrogen-bond donors (Lipinski definition) is 1. The lowest BCUT2D eigenvalue weighted by Crippen LogP contribution is -2.41. The Morgan fingerprint density at radius 2 is 1.86 bits per heavy atom. The van der Waals surface area contributed by atoms with Gasteiger partial charge in [-0.05, 0) is 48.6 Å². The molecule has 1 atom stereocenters. The number of hydrogen-bond acceptors (Lipinski definition) is 1. The number of rotatable bonds is 2. The number of H-pyrrole nitrogens is 1. The smallest absolute Gasteiger partial charge is 0.356 e. The molecule has 5 rings (SSSR count). The Balaban J connectivity index is 1.68. The molecule has 6 heteroatoms. The van der Waals surface area contributed by atoms with Gasteiger partial charge in [0.05, 0.1) is 11.6 Å². The van der Waals surface area contributed by atoms with Crippen molar-refractivity contribution in [2.75, 3.05) is 6.54 Å². The Morgan fingerprint density at radius 3 is 2.61 bits per heavy atom. The fraction of sp³-hybridized carbons (Fsp3) is 0.318. The second-order valence-electron chi connectivity index (χ2n) is 7.64. The number of amides is 1. The van der Waals surface area contributed by atoms with Crippen molar-refractivity contribution in [3.8, 4) is 0 Å². The topological polar surface area (TPSA) is 36.1 Å². The molecule has 1 aliphatic heterocycles. The summed E-state index contributed by atoms with van der Waals surface area (Å²) in [6.07, 6.45) is -1.99. The highest BCUT2D eigenvalue weighted by molar-refractivity contribution is 5.87. The quantitative estimate of drug-likeness (QED) is 0.658. The second-order valence-corrected chi connectivity index (χ2v) is 7.64. The van der Waals surface area contributed by atoms with Gasteiger partial charge in [-0.1, -0.05) is 30.3 Å². The van der Waals surface area contributed by atoms with Crippen LogP contribution in [0.5, 0.6) is 0 Å². The van der Waals surface area contributed by atoms with Gasteiger partial charge in [0.25, 0.3) is 0 Å². The summed E-state index contributed by atoms with van der Waals surface area (Å²) in [5, 5.41) is 1.08. The number of alkyl halides is 3. The van der Waals surface area contributed by atoms with Crippen molar-refractivity contribution < 1.29 is 18.0 Å². The lowest BCUT2D eigenvalue weighted by molar-refractivity contribution is -0.137. The molecule has 0 spiro atoms. The maximum atomic E-state index is 13.3. The number of nitrogens with zero attached hydrogens (tertiary/aromatic N) is 1. The van der Waals surface area contributed by atoms with E-state index in [1.165, 1.54) is 12.1 Å². The molecular formula is C22H19F3N2O. The van der Waals surface area contributed by atoms with Crippen molar-refractivity contribution >= 4 is 16.8 Å². The largest absolute Gasteiger partial charge is 0.416 e. The van der Waals surface area contributed by atoms with E-state index < -0.39 is 17.8 Å². The molecule has 1 amide bonds. The van der Waals surface area contributed by atoms with Crippen LogP contribution in [0.3, 0.4) is 0 Å². The van der Waals surface area contributed by atoms with Crippen molar-refractivity contribution in [1.29, 1.82) is 0 Å². The first-order valence-corrected chi connectivity index (χ1v) is 9.50. The molecule has 1 fully saturated rings. The molecule has 144 valence electrons. The van der Waals surface area contributed by atoms with Gasteiger partial charge in [-0.3, -0.25) is 4.79 Å². The van der Waals surface area contributed by atoms with Crippen LogP contribution in [0.2, 0.25) is 0 Å². The van der Waals surface area contributed by atoms with Crippen molar-refractivity contribution in [2.24, 2.45) is 5.92 Å². The average molecular weight is 384 g/mol. The highest BCUT2D eigenvalue weighted by Gasteiger charge is 2.41. The van der Waals surface area contributed by atoms with Crippen molar-refractivity contribution in [2.45, 2.75) is 31.5 Å². The number of para-hydroxylation sites is 1. The first kappa shape index (κ1) is 17.3. The Bertz CT molecular complexity index is 1070. The SMILES string of the molecule is O=C(C1CC1)N1CCc2c([nH]c3ccccc23)[C@H]1c1cccc(C(F)(F)F)c1. The summed E-state index contributed by atoms with van der Waals surface area (Å²) in [5.74, 6) is 0.0611. The van der Waals surface area contributed by atoms with E-state index in [4.69, 9.17) is 0 Å². The number of aromatic nitrogens is 1. The molecule has 0 saturated heterocycles. The van der Waals surface area contributed by atoms with Crippen LogP contribution in [0.25, 0.3) is 10.9 Å². The lowest BCUT2D eigenvalue weighted by Gasteiger charge is -2.36. The minimum Gasteiger partial charge on any atom is -0.356 e. The molecule has 1 aliphatic carbocycles. The van der Waals surface area contributed by atoms with Crippen LogP contribution >= 0.6 is 0 Å². The maximum absolute atomic E-state index is 13.3. The Morgan fingerprint density at radius 1 is 1.07 bits per heavy atom. The minimum atomic E-state index is -4.42. The van der Waals surface area contributed by atoms with Gasteiger partial charge in [0.1, 0.15) is 0 Å². The van der Waals surface area contributed by atoms with E-state index in [0.717, 1.165) is 41.1 Å². The average Bonchev–Trinajstić information content (AvgIpc) is 3.46. The predicted molar refractivity (Wildman–Crippen MR) is 99.7 cm³/mol. The van der Waals surface area contributed by atoms with Gasteiger partial charge < -0.3 is 9.88 Å². The zero-order valence-electron chi connectivity index (χ0n) is 15.1. The van der Waals surface area contributed by atoms with Crippen molar-refractivity contribution in [1.82, 2.24) is 9.88 Å². The molecule has 2 heterocycles. The normalized spacial score (nSPS) is 19.7. The van der Waals surface area contributed by atoms with E-state index in [0.29, 0.717) is 18.5 Å². The number of halogens is 3. The highest BCUT2D eigenvalue weighted by Crippen LogP contribution is 2.42. The third kappa shape index (κ3) is 2.79. The zero-order chi connectivity index (χ0) is 19.5. The van der Waals surface area contributed by atoms with E-state index in [9.17, 15) is 18.0 Å². The molecule has 1 saturated carbocycles.